The molecule has 3 N–H and O–H groups in total. The number of allylic oxidation sites excluding steroid dienone is 6. The molecule has 228 valence electrons. The summed E-state index contributed by atoms with van der Waals surface area (Å²) >= 11 is 0. The Labute approximate surface area is 241 Å². The van der Waals surface area contributed by atoms with Crippen LogP contribution in [0.5, 0.6) is 0 Å². The molecule has 0 saturated heterocycles. The average molecular weight is 579 g/mol. The molecule has 0 bridgehead atoms. The second-order valence-corrected chi connectivity index (χ2v) is 8.28. The number of aliphatic hydroxyl groups is 1. The Hall–Kier alpha value is -3.57. The van der Waals surface area contributed by atoms with Crippen LogP contribution in [0, 0.1) is 0 Å². The van der Waals surface area contributed by atoms with Gasteiger partial charge in [-0.1, -0.05) is 69.0 Å². The monoisotopic (exact) mass is 578 g/mol. The molecular weight excluding hydrogens is 533 g/mol. The summed E-state index contributed by atoms with van der Waals surface area (Å²) in [4.78, 5) is 17.5. The predicted octanol–water partition coefficient (Wildman–Crippen LogP) is 6.76. The molecule has 0 radical (unpaired) electrons. The molecule has 3 rings (SSSR count). The van der Waals surface area contributed by atoms with Crippen molar-refractivity contribution >= 4 is 16.9 Å². The Morgan fingerprint density at radius 2 is 1.90 bits per heavy atom. The van der Waals surface area contributed by atoms with E-state index in [0.717, 1.165) is 31.0 Å². The molecule has 8 nitrogen and oxygen atoms in total. The number of aromatic nitrogens is 2. The number of nitrogens with zero attached hydrogens (tertiary/aromatic N) is 4. The minimum Gasteiger partial charge on any atom is -0.400 e. The number of para-hydroxylation sites is 2. The van der Waals surface area contributed by atoms with Crippen LogP contribution in [0.2, 0.25) is 0 Å². The zero-order chi connectivity index (χ0) is 31.0. The van der Waals surface area contributed by atoms with Crippen LogP contribution in [0.15, 0.2) is 83.2 Å². The fourth-order valence-corrected chi connectivity index (χ4v) is 3.74. The Kier molecular flexibility index (Phi) is 21.1. The second kappa shape index (κ2) is 23.2. The van der Waals surface area contributed by atoms with Crippen LogP contribution < -0.4 is 10.6 Å². The van der Waals surface area contributed by atoms with Crippen LogP contribution in [-0.2, 0) is 6.54 Å². The van der Waals surface area contributed by atoms with Crippen molar-refractivity contribution in [1.29, 1.82) is 0 Å². The summed E-state index contributed by atoms with van der Waals surface area (Å²) in [6.07, 6.45) is 10.8. The van der Waals surface area contributed by atoms with E-state index in [0.29, 0.717) is 38.9 Å². The third-order valence-corrected chi connectivity index (χ3v) is 5.53. The van der Waals surface area contributed by atoms with Gasteiger partial charge in [-0.2, -0.15) is 10.2 Å². The normalized spacial score (nSPS) is 14.9. The first-order valence-corrected chi connectivity index (χ1v) is 13.6. The molecular formula is C30H45F3N6O2. The van der Waals surface area contributed by atoms with Crippen LogP contribution in [0.4, 0.5) is 13.2 Å². The molecule has 1 aromatic carbocycles. The number of fused-ring (bicyclic) bond motifs is 1. The number of aliphatic hydroxyl groups excluding tert-OH is 1. The topological polar surface area (TPSA) is 104 Å². The average Bonchev–Trinajstić information content (AvgIpc) is 3.38. The van der Waals surface area contributed by atoms with Crippen molar-refractivity contribution in [2.24, 2.45) is 10.2 Å². The number of alkyl halides is 3. The third-order valence-electron chi connectivity index (χ3n) is 5.53. The minimum absolute atomic E-state index is 0.0153. The van der Waals surface area contributed by atoms with Crippen molar-refractivity contribution in [2.75, 3.05) is 20.8 Å². The highest BCUT2D eigenvalue weighted by Gasteiger charge is 2.20. The minimum atomic E-state index is -2.60. The lowest BCUT2D eigenvalue weighted by Crippen LogP contribution is -2.38. The number of hydrogen-bond donors (Lipinski definition) is 3. The smallest absolute Gasteiger partial charge is 0.287 e. The van der Waals surface area contributed by atoms with Gasteiger partial charge in [0.15, 0.2) is 5.82 Å². The van der Waals surface area contributed by atoms with Crippen molar-refractivity contribution in [1.82, 2.24) is 20.2 Å². The summed E-state index contributed by atoms with van der Waals surface area (Å²) < 4.78 is 36.7. The lowest BCUT2D eigenvalue weighted by atomic mass is 10.2. The summed E-state index contributed by atoms with van der Waals surface area (Å²) in [5.74, 6) is 0.174. The maximum Gasteiger partial charge on any atom is 0.287 e. The van der Waals surface area contributed by atoms with E-state index >= 15 is 0 Å². The largest absolute Gasteiger partial charge is 0.400 e. The van der Waals surface area contributed by atoms with Gasteiger partial charge < -0.3 is 15.0 Å². The third kappa shape index (κ3) is 13.6. The number of azo groups is 1. The number of carbonyl (C=O) groups excluding carboxylic acids is 1. The fourth-order valence-electron chi connectivity index (χ4n) is 3.74. The summed E-state index contributed by atoms with van der Waals surface area (Å²) in [6, 6.07) is 7.74. The second-order valence-electron chi connectivity index (χ2n) is 8.28. The molecule has 2 atom stereocenters. The van der Waals surface area contributed by atoms with E-state index < -0.39 is 6.43 Å². The van der Waals surface area contributed by atoms with Gasteiger partial charge in [0.05, 0.1) is 18.2 Å². The van der Waals surface area contributed by atoms with E-state index in [4.69, 9.17) is 5.11 Å². The van der Waals surface area contributed by atoms with Crippen molar-refractivity contribution in [3.8, 4) is 0 Å². The SMILES string of the molecule is C=C/C=C\C=C/CCCn1c(C(=O)NCCC(C)NC2CC=C(C(F)F)N=N2)nc2ccccc21.CC.CF.CO. The molecule has 2 unspecified atom stereocenters. The van der Waals surface area contributed by atoms with E-state index in [-0.39, 0.29) is 23.8 Å². The van der Waals surface area contributed by atoms with Crippen LogP contribution >= 0.6 is 0 Å². The van der Waals surface area contributed by atoms with Gasteiger partial charge in [-0.25, -0.2) is 13.8 Å². The lowest BCUT2D eigenvalue weighted by molar-refractivity contribution is 0.0937. The number of halogens is 3. The van der Waals surface area contributed by atoms with Crippen molar-refractivity contribution < 1.29 is 23.1 Å². The molecule has 1 amide bonds. The van der Waals surface area contributed by atoms with E-state index in [1.165, 1.54) is 6.08 Å². The highest BCUT2D eigenvalue weighted by Crippen LogP contribution is 2.19. The van der Waals surface area contributed by atoms with Crippen LogP contribution in [0.25, 0.3) is 11.0 Å². The Morgan fingerprint density at radius 3 is 2.54 bits per heavy atom. The number of nitrogens with one attached hydrogen (secondary N) is 2. The predicted molar refractivity (Wildman–Crippen MR) is 161 cm³/mol. The maximum absolute atomic E-state index is 13.0. The van der Waals surface area contributed by atoms with Gasteiger partial charge in [-0.3, -0.25) is 14.5 Å². The zero-order valence-corrected chi connectivity index (χ0v) is 24.7. The number of aryl methyl sites for hydroxylation is 1. The molecule has 1 aliphatic rings. The standard InChI is InChI=1S/C26H32F2N6O.C2H6.CH3F.CH4O/c1-3-4-5-6-7-8-11-18-34-22-13-10-9-12-20(22)31-25(34)26(35)29-17-16-19(2)30-23-15-14-21(24(27)28)32-33-23;3*1-2/h3-7,9-10,12-14,19,23-24,30H,1,8,11,15-18H2,2H3,(H,29,35);1-2H3;1H3;2H,1H3/b5-4-,7-6-;;;. The summed E-state index contributed by atoms with van der Waals surface area (Å²) in [5, 5.41) is 20.7. The molecule has 1 aromatic heterocycles. The van der Waals surface area contributed by atoms with E-state index in [9.17, 15) is 18.0 Å². The number of benzene rings is 1. The van der Waals surface area contributed by atoms with Crippen molar-refractivity contribution in [2.45, 2.75) is 71.6 Å². The Morgan fingerprint density at radius 1 is 1.20 bits per heavy atom. The first-order valence-electron chi connectivity index (χ1n) is 13.6. The van der Waals surface area contributed by atoms with E-state index in [2.05, 4.69) is 38.5 Å². The van der Waals surface area contributed by atoms with Crippen LogP contribution in [0.3, 0.4) is 0 Å². The molecule has 0 spiro atoms. The highest BCUT2D eigenvalue weighted by molar-refractivity contribution is 5.94. The van der Waals surface area contributed by atoms with Gasteiger partial charge in [0.2, 0.25) is 0 Å². The van der Waals surface area contributed by atoms with Crippen LogP contribution in [0.1, 0.15) is 57.1 Å². The summed E-state index contributed by atoms with van der Waals surface area (Å²) in [5.41, 5.74) is 1.43. The molecule has 2 heterocycles. The number of rotatable bonds is 13. The number of hydrogen-bond acceptors (Lipinski definition) is 6. The Balaban J connectivity index is 0.00000250. The van der Waals surface area contributed by atoms with E-state index in [1.807, 2.05) is 67.8 Å². The summed E-state index contributed by atoms with van der Waals surface area (Å²) in [6.45, 7) is 10.7. The van der Waals surface area contributed by atoms with Crippen molar-refractivity contribution in [3.63, 3.8) is 0 Å². The fraction of sp³-hybridized carbons (Fsp3) is 0.467. The molecule has 11 heteroatoms. The number of unbranched alkanes of at least 4 members (excludes halogenated alkanes) is 1. The highest BCUT2D eigenvalue weighted by atomic mass is 19.3. The molecule has 0 fully saturated rings. The molecule has 1 aliphatic heterocycles. The van der Waals surface area contributed by atoms with Crippen molar-refractivity contribution in [3.05, 3.63) is 78.8 Å². The van der Waals surface area contributed by atoms with Gasteiger partial charge in [0.25, 0.3) is 12.3 Å². The van der Waals surface area contributed by atoms with Gasteiger partial charge in [-0.15, -0.1) is 0 Å². The zero-order valence-electron chi connectivity index (χ0n) is 24.7. The van der Waals surface area contributed by atoms with Gasteiger partial charge in [0.1, 0.15) is 11.9 Å². The number of imidazole rings is 1. The lowest BCUT2D eigenvalue weighted by Gasteiger charge is -2.20. The Bertz CT molecular complexity index is 1130. The number of carbonyl (C=O) groups is 1. The molecule has 0 aliphatic carbocycles. The molecule has 2 aromatic rings. The quantitative estimate of drug-likeness (QED) is 0.180. The summed E-state index contributed by atoms with van der Waals surface area (Å²) in [7, 11) is 1.50. The first kappa shape index (κ1) is 37.4. The van der Waals surface area contributed by atoms with Crippen LogP contribution in [-0.4, -0.2) is 60.0 Å². The first-order chi connectivity index (χ1) is 20.0. The molecule has 41 heavy (non-hydrogen) atoms. The maximum atomic E-state index is 13.0. The van der Waals surface area contributed by atoms with Gasteiger partial charge in [0, 0.05) is 32.7 Å². The number of amides is 1. The van der Waals surface area contributed by atoms with Gasteiger partial charge >= 0.3 is 0 Å². The molecule has 0 saturated carbocycles. The van der Waals surface area contributed by atoms with Gasteiger partial charge in [-0.05, 0) is 38.3 Å². The van der Waals surface area contributed by atoms with E-state index in [1.54, 1.807) is 6.08 Å².